The first-order valence-corrected chi connectivity index (χ1v) is 4.54. The fraction of sp³-hybridized carbons (Fsp3) is 0.0909. The third-order valence-corrected chi connectivity index (χ3v) is 2.47. The van der Waals surface area contributed by atoms with Crippen molar-refractivity contribution in [2.24, 2.45) is 0 Å². The molecule has 0 N–H and O–H groups in total. The van der Waals surface area contributed by atoms with E-state index < -0.39 is 0 Å². The maximum atomic E-state index is 5.93. The lowest BCUT2D eigenvalue weighted by Crippen LogP contribution is -1.89. The van der Waals surface area contributed by atoms with Gasteiger partial charge in [-0.1, -0.05) is 11.6 Å². The Hall–Kier alpha value is -1.21. The van der Waals surface area contributed by atoms with E-state index >= 15 is 0 Å². The highest BCUT2D eigenvalue weighted by Gasteiger charge is 1.97. The summed E-state index contributed by atoms with van der Waals surface area (Å²) in [6, 6.07) is 10.0. The highest BCUT2D eigenvalue weighted by atomic mass is 35.5. The van der Waals surface area contributed by atoms with E-state index in [1.54, 1.807) is 0 Å². The lowest BCUT2D eigenvalue weighted by molar-refractivity contribution is 1.08. The van der Waals surface area contributed by atoms with Crippen LogP contribution in [-0.2, 0) is 0 Å². The van der Waals surface area contributed by atoms with Gasteiger partial charge in [-0.3, -0.25) is 0 Å². The number of aromatic nitrogens is 1. The summed E-state index contributed by atoms with van der Waals surface area (Å²) in [7, 11) is 0. The standard InChI is InChI=1S/C11H10ClN/c1-9-8-10(4-5-11(9)12)13-6-2-3-7-13/h2-8H,1H3. The maximum absolute atomic E-state index is 5.93. The normalized spacial score (nSPS) is 10.3. The van der Waals surface area contributed by atoms with Crippen LogP contribution in [0.1, 0.15) is 5.56 Å². The van der Waals surface area contributed by atoms with E-state index in [2.05, 4.69) is 10.6 Å². The Morgan fingerprint density at radius 2 is 1.85 bits per heavy atom. The van der Waals surface area contributed by atoms with Gasteiger partial charge in [0.05, 0.1) is 0 Å². The Morgan fingerprint density at radius 1 is 1.15 bits per heavy atom. The van der Waals surface area contributed by atoms with Crippen molar-refractivity contribution in [1.29, 1.82) is 0 Å². The highest BCUT2D eigenvalue weighted by molar-refractivity contribution is 6.31. The van der Waals surface area contributed by atoms with Crippen LogP contribution in [0.2, 0.25) is 5.02 Å². The first-order chi connectivity index (χ1) is 6.27. The smallest absolute Gasteiger partial charge is 0.0453 e. The van der Waals surface area contributed by atoms with Crippen LogP contribution in [0.4, 0.5) is 0 Å². The van der Waals surface area contributed by atoms with Gasteiger partial charge < -0.3 is 4.57 Å². The number of halogens is 1. The molecule has 0 atom stereocenters. The lowest BCUT2D eigenvalue weighted by atomic mass is 10.2. The number of benzene rings is 1. The molecule has 0 aliphatic rings. The molecule has 0 unspecified atom stereocenters. The third kappa shape index (κ3) is 1.61. The summed E-state index contributed by atoms with van der Waals surface area (Å²) in [6.45, 7) is 2.01. The van der Waals surface area contributed by atoms with Crippen molar-refractivity contribution >= 4 is 11.6 Å². The molecule has 0 aliphatic carbocycles. The molecular formula is C11H10ClN. The van der Waals surface area contributed by atoms with Gasteiger partial charge >= 0.3 is 0 Å². The molecular weight excluding hydrogens is 182 g/mol. The molecule has 0 saturated heterocycles. The van der Waals surface area contributed by atoms with E-state index in [4.69, 9.17) is 11.6 Å². The van der Waals surface area contributed by atoms with Gasteiger partial charge in [0, 0.05) is 23.1 Å². The zero-order valence-electron chi connectivity index (χ0n) is 7.37. The van der Waals surface area contributed by atoms with Crippen LogP contribution in [0.25, 0.3) is 5.69 Å². The molecule has 13 heavy (non-hydrogen) atoms. The van der Waals surface area contributed by atoms with Crippen LogP contribution in [0.15, 0.2) is 42.7 Å². The average molecular weight is 192 g/mol. The Balaban J connectivity index is 2.49. The molecule has 2 heteroatoms. The van der Waals surface area contributed by atoms with E-state index in [-0.39, 0.29) is 0 Å². The Labute approximate surface area is 82.6 Å². The molecule has 0 aliphatic heterocycles. The van der Waals surface area contributed by atoms with E-state index in [9.17, 15) is 0 Å². The fourth-order valence-electron chi connectivity index (χ4n) is 1.30. The predicted octanol–water partition coefficient (Wildman–Crippen LogP) is 3.44. The summed E-state index contributed by atoms with van der Waals surface area (Å²) in [5, 5.41) is 0.816. The zero-order chi connectivity index (χ0) is 9.26. The number of hydrogen-bond donors (Lipinski definition) is 0. The molecule has 0 radical (unpaired) electrons. The second kappa shape index (κ2) is 3.27. The van der Waals surface area contributed by atoms with Crippen molar-refractivity contribution < 1.29 is 0 Å². The number of hydrogen-bond acceptors (Lipinski definition) is 0. The largest absolute Gasteiger partial charge is 0.324 e. The first kappa shape index (κ1) is 8.39. The van der Waals surface area contributed by atoms with Gasteiger partial charge in [0.2, 0.25) is 0 Å². The van der Waals surface area contributed by atoms with Crippen LogP contribution < -0.4 is 0 Å². The minimum atomic E-state index is 0.816. The minimum absolute atomic E-state index is 0.816. The Kier molecular flexibility index (Phi) is 2.11. The van der Waals surface area contributed by atoms with E-state index in [0.717, 1.165) is 16.3 Å². The average Bonchev–Trinajstić information content (AvgIpc) is 2.62. The predicted molar refractivity (Wildman–Crippen MR) is 55.5 cm³/mol. The van der Waals surface area contributed by atoms with Gasteiger partial charge in [0.25, 0.3) is 0 Å². The summed E-state index contributed by atoms with van der Waals surface area (Å²) in [5.41, 5.74) is 2.25. The summed E-state index contributed by atoms with van der Waals surface area (Å²) in [6.07, 6.45) is 4.03. The molecule has 1 aromatic carbocycles. The van der Waals surface area contributed by atoms with Crippen LogP contribution in [-0.4, -0.2) is 4.57 Å². The summed E-state index contributed by atoms with van der Waals surface area (Å²) in [4.78, 5) is 0. The van der Waals surface area contributed by atoms with Crippen molar-refractivity contribution in [1.82, 2.24) is 4.57 Å². The molecule has 0 saturated carbocycles. The third-order valence-electron chi connectivity index (χ3n) is 2.04. The molecule has 2 aromatic rings. The fourth-order valence-corrected chi connectivity index (χ4v) is 1.41. The molecule has 66 valence electrons. The second-order valence-corrected chi connectivity index (χ2v) is 3.43. The topological polar surface area (TPSA) is 4.93 Å². The zero-order valence-corrected chi connectivity index (χ0v) is 8.12. The molecule has 1 aromatic heterocycles. The minimum Gasteiger partial charge on any atom is -0.324 e. The van der Waals surface area contributed by atoms with Crippen molar-refractivity contribution in [3.8, 4) is 5.69 Å². The Morgan fingerprint density at radius 3 is 2.46 bits per heavy atom. The van der Waals surface area contributed by atoms with Crippen LogP contribution in [0.3, 0.4) is 0 Å². The number of rotatable bonds is 1. The molecule has 2 rings (SSSR count). The van der Waals surface area contributed by atoms with Crippen LogP contribution in [0.5, 0.6) is 0 Å². The molecule has 0 fully saturated rings. The van der Waals surface area contributed by atoms with Crippen molar-refractivity contribution in [2.75, 3.05) is 0 Å². The quantitative estimate of drug-likeness (QED) is 0.651. The summed E-state index contributed by atoms with van der Waals surface area (Å²) < 4.78 is 2.06. The SMILES string of the molecule is Cc1cc(-n2cccc2)ccc1Cl. The number of aryl methyl sites for hydroxylation is 1. The number of nitrogens with zero attached hydrogens (tertiary/aromatic N) is 1. The van der Waals surface area contributed by atoms with E-state index in [1.165, 1.54) is 0 Å². The highest BCUT2D eigenvalue weighted by Crippen LogP contribution is 2.18. The molecule has 0 amide bonds. The molecule has 0 spiro atoms. The lowest BCUT2D eigenvalue weighted by Gasteiger charge is -2.04. The van der Waals surface area contributed by atoms with Gasteiger partial charge in [0.1, 0.15) is 0 Å². The van der Waals surface area contributed by atoms with Gasteiger partial charge in [-0.2, -0.15) is 0 Å². The Bertz CT molecular complexity index is 404. The molecule has 1 nitrogen and oxygen atoms in total. The van der Waals surface area contributed by atoms with Gasteiger partial charge in [-0.25, -0.2) is 0 Å². The maximum Gasteiger partial charge on any atom is 0.0453 e. The molecule has 0 bridgehead atoms. The van der Waals surface area contributed by atoms with Gasteiger partial charge in [-0.15, -0.1) is 0 Å². The van der Waals surface area contributed by atoms with Crippen molar-refractivity contribution in [3.05, 3.63) is 53.3 Å². The summed E-state index contributed by atoms with van der Waals surface area (Å²) in [5.74, 6) is 0. The van der Waals surface area contributed by atoms with Gasteiger partial charge in [-0.05, 0) is 42.8 Å². The van der Waals surface area contributed by atoms with Crippen LogP contribution in [0, 0.1) is 6.92 Å². The van der Waals surface area contributed by atoms with E-state index in [0.29, 0.717) is 0 Å². The summed E-state index contributed by atoms with van der Waals surface area (Å²) >= 11 is 5.93. The van der Waals surface area contributed by atoms with E-state index in [1.807, 2.05) is 43.6 Å². The molecule has 1 heterocycles. The second-order valence-electron chi connectivity index (χ2n) is 3.02. The van der Waals surface area contributed by atoms with Crippen molar-refractivity contribution in [2.45, 2.75) is 6.92 Å². The first-order valence-electron chi connectivity index (χ1n) is 4.17. The van der Waals surface area contributed by atoms with Crippen LogP contribution >= 0.6 is 11.6 Å². The van der Waals surface area contributed by atoms with Crippen molar-refractivity contribution in [3.63, 3.8) is 0 Å². The van der Waals surface area contributed by atoms with Gasteiger partial charge in [0.15, 0.2) is 0 Å². The monoisotopic (exact) mass is 191 g/mol.